The van der Waals surface area contributed by atoms with E-state index in [9.17, 15) is 0 Å². The number of rotatable bonds is 7. The molecule has 3 aromatic rings. The van der Waals surface area contributed by atoms with Gasteiger partial charge in [-0.2, -0.15) is 4.98 Å². The van der Waals surface area contributed by atoms with Crippen LogP contribution in [0, 0.1) is 0 Å². The molecule has 29 heavy (non-hydrogen) atoms. The van der Waals surface area contributed by atoms with Gasteiger partial charge in [0.05, 0.1) is 12.6 Å². The van der Waals surface area contributed by atoms with Crippen molar-refractivity contribution in [2.24, 2.45) is 4.99 Å². The van der Waals surface area contributed by atoms with Crippen LogP contribution in [-0.2, 0) is 11.3 Å². The Morgan fingerprint density at radius 2 is 1.93 bits per heavy atom. The fourth-order valence-corrected chi connectivity index (χ4v) is 3.09. The lowest BCUT2D eigenvalue weighted by molar-refractivity contribution is 0.0683. The van der Waals surface area contributed by atoms with E-state index in [1.165, 1.54) is 16.3 Å². The van der Waals surface area contributed by atoms with E-state index in [4.69, 9.17) is 9.26 Å². The van der Waals surface area contributed by atoms with Gasteiger partial charge in [-0.15, -0.1) is 24.0 Å². The van der Waals surface area contributed by atoms with Crippen molar-refractivity contribution in [1.29, 1.82) is 0 Å². The van der Waals surface area contributed by atoms with E-state index >= 15 is 0 Å². The van der Waals surface area contributed by atoms with E-state index in [0.717, 1.165) is 0 Å². The average molecular weight is 509 g/mol. The van der Waals surface area contributed by atoms with E-state index in [1.807, 2.05) is 13.8 Å². The molecule has 0 aliphatic heterocycles. The van der Waals surface area contributed by atoms with Crippen molar-refractivity contribution in [3.8, 4) is 0 Å². The summed E-state index contributed by atoms with van der Waals surface area (Å²) in [4.78, 5) is 8.67. The Balaban J connectivity index is 0.00000300. The number of hydrogen-bond acceptors (Lipinski definition) is 5. The SMILES string of the molecule is CCOC(C)c1noc(CNC(=NC)NC(C)c2cccc3ccccc23)n1.I. The highest BCUT2D eigenvalue weighted by Gasteiger charge is 2.15. The molecule has 0 spiro atoms. The van der Waals surface area contributed by atoms with E-state index in [2.05, 4.69) is 75.2 Å². The summed E-state index contributed by atoms with van der Waals surface area (Å²) in [5, 5.41) is 13.1. The molecule has 0 radical (unpaired) electrons. The first-order valence-corrected chi connectivity index (χ1v) is 9.51. The number of ether oxygens (including phenoxy) is 1. The van der Waals surface area contributed by atoms with E-state index in [-0.39, 0.29) is 36.1 Å². The fraction of sp³-hybridized carbons (Fsp3) is 0.381. The molecule has 0 bridgehead atoms. The number of aliphatic imine (C=N–C) groups is 1. The fourth-order valence-electron chi connectivity index (χ4n) is 3.09. The normalized spacial score (nSPS) is 13.6. The van der Waals surface area contributed by atoms with Crippen molar-refractivity contribution in [2.75, 3.05) is 13.7 Å². The van der Waals surface area contributed by atoms with Crippen LogP contribution in [0.5, 0.6) is 0 Å². The lowest BCUT2D eigenvalue weighted by Crippen LogP contribution is -2.38. The van der Waals surface area contributed by atoms with Crippen LogP contribution in [0.15, 0.2) is 52.0 Å². The molecule has 2 N–H and O–H groups in total. The molecule has 2 aromatic carbocycles. The molecule has 156 valence electrons. The second kappa shape index (κ2) is 11.1. The third kappa shape index (κ3) is 5.89. The van der Waals surface area contributed by atoms with Gasteiger partial charge in [0.1, 0.15) is 6.10 Å². The maximum Gasteiger partial charge on any atom is 0.246 e. The Morgan fingerprint density at radius 1 is 1.17 bits per heavy atom. The van der Waals surface area contributed by atoms with Crippen molar-refractivity contribution >= 4 is 40.7 Å². The highest BCUT2D eigenvalue weighted by molar-refractivity contribution is 14.0. The Kier molecular flexibility index (Phi) is 8.84. The quantitative estimate of drug-likeness (QED) is 0.280. The first kappa shape index (κ1) is 23.1. The number of nitrogens with zero attached hydrogens (tertiary/aromatic N) is 3. The predicted molar refractivity (Wildman–Crippen MR) is 125 cm³/mol. The van der Waals surface area contributed by atoms with Gasteiger partial charge in [0.2, 0.25) is 5.89 Å². The predicted octanol–water partition coefficient (Wildman–Crippen LogP) is 4.36. The number of guanidine groups is 1. The molecule has 2 unspecified atom stereocenters. The van der Waals surface area contributed by atoms with Gasteiger partial charge in [-0.25, -0.2) is 0 Å². The maximum absolute atomic E-state index is 5.48. The van der Waals surface area contributed by atoms with Crippen LogP contribution in [0.25, 0.3) is 10.8 Å². The van der Waals surface area contributed by atoms with E-state index < -0.39 is 0 Å². The van der Waals surface area contributed by atoms with Gasteiger partial charge in [0.15, 0.2) is 11.8 Å². The number of halogens is 1. The molecule has 0 saturated heterocycles. The molecule has 0 aliphatic carbocycles. The minimum atomic E-state index is -0.189. The molecule has 7 nitrogen and oxygen atoms in total. The lowest BCUT2D eigenvalue weighted by Gasteiger charge is -2.19. The topological polar surface area (TPSA) is 84.6 Å². The number of aromatic nitrogens is 2. The summed E-state index contributed by atoms with van der Waals surface area (Å²) < 4.78 is 10.8. The van der Waals surface area contributed by atoms with Crippen LogP contribution in [0.1, 0.15) is 50.2 Å². The molecule has 0 saturated carbocycles. The van der Waals surface area contributed by atoms with Crippen molar-refractivity contribution in [2.45, 2.75) is 39.5 Å². The summed E-state index contributed by atoms with van der Waals surface area (Å²) in [7, 11) is 1.74. The number of nitrogens with one attached hydrogen (secondary N) is 2. The Hall–Kier alpha value is -2.20. The Morgan fingerprint density at radius 3 is 2.69 bits per heavy atom. The van der Waals surface area contributed by atoms with Crippen molar-refractivity contribution < 1.29 is 9.26 Å². The van der Waals surface area contributed by atoms with Crippen molar-refractivity contribution in [1.82, 2.24) is 20.8 Å². The molecule has 0 aliphatic rings. The van der Waals surface area contributed by atoms with Crippen LogP contribution in [0.3, 0.4) is 0 Å². The highest BCUT2D eigenvalue weighted by Crippen LogP contribution is 2.24. The zero-order valence-corrected chi connectivity index (χ0v) is 19.5. The van der Waals surface area contributed by atoms with Crippen LogP contribution in [0.4, 0.5) is 0 Å². The summed E-state index contributed by atoms with van der Waals surface area (Å²) in [5.74, 6) is 1.70. The molecule has 1 aromatic heterocycles. The summed E-state index contributed by atoms with van der Waals surface area (Å²) >= 11 is 0. The molecule has 0 fully saturated rings. The van der Waals surface area contributed by atoms with Crippen LogP contribution >= 0.6 is 24.0 Å². The average Bonchev–Trinajstić information content (AvgIpc) is 3.20. The van der Waals surface area contributed by atoms with Gasteiger partial charge >= 0.3 is 0 Å². The lowest BCUT2D eigenvalue weighted by atomic mass is 10.00. The summed E-state index contributed by atoms with van der Waals surface area (Å²) in [6.45, 7) is 6.94. The zero-order chi connectivity index (χ0) is 19.9. The Bertz CT molecular complexity index is 938. The second-order valence-corrected chi connectivity index (χ2v) is 6.50. The van der Waals surface area contributed by atoms with E-state index in [1.54, 1.807) is 7.05 Å². The van der Waals surface area contributed by atoms with Gasteiger partial charge in [-0.3, -0.25) is 4.99 Å². The van der Waals surface area contributed by atoms with Crippen LogP contribution < -0.4 is 10.6 Å². The van der Waals surface area contributed by atoms with Crippen molar-refractivity contribution in [3.63, 3.8) is 0 Å². The zero-order valence-electron chi connectivity index (χ0n) is 17.2. The first-order valence-electron chi connectivity index (χ1n) is 9.51. The molecule has 0 amide bonds. The van der Waals surface area contributed by atoms with Crippen molar-refractivity contribution in [3.05, 3.63) is 59.7 Å². The number of hydrogen-bond donors (Lipinski definition) is 2. The monoisotopic (exact) mass is 509 g/mol. The molecular weight excluding hydrogens is 481 g/mol. The third-order valence-electron chi connectivity index (χ3n) is 4.54. The minimum Gasteiger partial charge on any atom is -0.371 e. The second-order valence-electron chi connectivity index (χ2n) is 6.50. The first-order chi connectivity index (χ1) is 13.6. The summed E-state index contributed by atoms with van der Waals surface area (Å²) in [6, 6.07) is 14.8. The standard InChI is InChI=1S/C21H27N5O2.HI/c1-5-27-15(3)20-25-19(28-26-20)13-23-21(22-4)24-14(2)17-12-8-10-16-9-6-7-11-18(16)17;/h6-12,14-15H,5,13H2,1-4H3,(H2,22,23,24);1H. The Labute approximate surface area is 188 Å². The van der Waals surface area contributed by atoms with Gasteiger partial charge < -0.3 is 19.9 Å². The van der Waals surface area contributed by atoms with Crippen LogP contribution in [0.2, 0.25) is 0 Å². The summed E-state index contributed by atoms with van der Waals surface area (Å²) in [5.41, 5.74) is 1.21. The minimum absolute atomic E-state index is 0. The highest BCUT2D eigenvalue weighted by atomic mass is 127. The smallest absolute Gasteiger partial charge is 0.246 e. The molecule has 3 rings (SSSR count). The molecule has 2 atom stereocenters. The maximum atomic E-state index is 5.48. The van der Waals surface area contributed by atoms with Gasteiger partial charge in [0.25, 0.3) is 0 Å². The molecule has 1 heterocycles. The van der Waals surface area contributed by atoms with Gasteiger partial charge in [0, 0.05) is 13.7 Å². The largest absolute Gasteiger partial charge is 0.371 e. The molecular formula is C21H28IN5O2. The van der Waals surface area contributed by atoms with E-state index in [0.29, 0.717) is 30.8 Å². The number of benzene rings is 2. The third-order valence-corrected chi connectivity index (χ3v) is 4.54. The van der Waals surface area contributed by atoms with Gasteiger partial charge in [-0.1, -0.05) is 47.6 Å². The molecule has 8 heteroatoms. The number of fused-ring (bicyclic) bond motifs is 1. The van der Waals surface area contributed by atoms with Crippen LogP contribution in [-0.4, -0.2) is 29.8 Å². The van der Waals surface area contributed by atoms with Gasteiger partial charge in [-0.05, 0) is 37.1 Å². The summed E-state index contributed by atoms with van der Waals surface area (Å²) in [6.07, 6.45) is -0.189.